The molecule has 1 aliphatic heterocycles. The van der Waals surface area contributed by atoms with E-state index in [0.717, 1.165) is 62.2 Å². The van der Waals surface area contributed by atoms with Crippen molar-refractivity contribution in [2.75, 3.05) is 20.2 Å². The fourth-order valence-electron chi connectivity index (χ4n) is 5.83. The van der Waals surface area contributed by atoms with Crippen LogP contribution in [0.25, 0.3) is 0 Å². The van der Waals surface area contributed by atoms with Gasteiger partial charge in [-0.3, -0.25) is 9.69 Å². The number of nitrogens with zero attached hydrogens (tertiary/aromatic N) is 1. The van der Waals surface area contributed by atoms with Gasteiger partial charge in [-0.15, -0.1) is 0 Å². The molecule has 1 atom stereocenters. The average molecular weight is 434 g/mol. The van der Waals surface area contributed by atoms with Crippen LogP contribution in [0.15, 0.2) is 42.5 Å². The summed E-state index contributed by atoms with van der Waals surface area (Å²) >= 11 is 0. The normalized spacial score (nSPS) is 22.3. The minimum absolute atomic E-state index is 0.113. The van der Waals surface area contributed by atoms with Crippen molar-refractivity contribution in [2.45, 2.75) is 64.0 Å². The van der Waals surface area contributed by atoms with Crippen molar-refractivity contribution < 1.29 is 14.3 Å². The zero-order valence-corrected chi connectivity index (χ0v) is 19.2. The Labute approximate surface area is 191 Å². The van der Waals surface area contributed by atoms with E-state index in [2.05, 4.69) is 41.3 Å². The highest BCUT2D eigenvalue weighted by atomic mass is 16.5. The van der Waals surface area contributed by atoms with Gasteiger partial charge in [-0.25, -0.2) is 0 Å². The molecular formula is C28H35NO3. The van der Waals surface area contributed by atoms with Gasteiger partial charge in [-0.2, -0.15) is 0 Å². The number of carbonyl (C=O) groups excluding carboxylic acids is 1. The Morgan fingerprint density at radius 3 is 2.44 bits per heavy atom. The third-order valence-electron chi connectivity index (χ3n) is 7.66. The molecule has 1 saturated heterocycles. The zero-order valence-electron chi connectivity index (χ0n) is 19.2. The summed E-state index contributed by atoms with van der Waals surface area (Å²) in [5, 5.41) is 0. The molecular weight excluding hydrogens is 398 g/mol. The first-order chi connectivity index (χ1) is 15.7. The van der Waals surface area contributed by atoms with Crippen molar-refractivity contribution in [3.05, 3.63) is 59.2 Å². The lowest BCUT2D eigenvalue weighted by Crippen LogP contribution is -2.34. The van der Waals surface area contributed by atoms with Crippen LogP contribution < -0.4 is 9.47 Å². The van der Waals surface area contributed by atoms with Gasteiger partial charge < -0.3 is 9.47 Å². The molecule has 0 amide bonds. The number of hydrogen-bond donors (Lipinski definition) is 0. The van der Waals surface area contributed by atoms with Gasteiger partial charge in [0.2, 0.25) is 0 Å². The lowest BCUT2D eigenvalue weighted by Gasteiger charge is -2.32. The lowest BCUT2D eigenvalue weighted by molar-refractivity contribution is 0.0895. The highest BCUT2D eigenvalue weighted by molar-refractivity contribution is 6.02. The quantitative estimate of drug-likeness (QED) is 0.564. The molecule has 5 rings (SSSR count). The van der Waals surface area contributed by atoms with E-state index in [1.165, 1.54) is 31.2 Å². The van der Waals surface area contributed by atoms with Crippen LogP contribution in [0.4, 0.5) is 0 Å². The molecule has 1 heterocycles. The van der Waals surface area contributed by atoms with Gasteiger partial charge in [0.25, 0.3) is 0 Å². The van der Waals surface area contributed by atoms with Crippen molar-refractivity contribution >= 4 is 5.78 Å². The van der Waals surface area contributed by atoms with Crippen molar-refractivity contribution in [1.29, 1.82) is 0 Å². The number of fused-ring (bicyclic) bond motifs is 1. The maximum absolute atomic E-state index is 13.2. The maximum Gasteiger partial charge on any atom is 0.166 e. The van der Waals surface area contributed by atoms with Crippen LogP contribution in [0.3, 0.4) is 0 Å². The number of benzene rings is 2. The van der Waals surface area contributed by atoms with Crippen LogP contribution in [-0.4, -0.2) is 37.0 Å². The molecule has 2 aromatic rings. The second-order valence-corrected chi connectivity index (χ2v) is 9.89. The minimum atomic E-state index is 0.113. The van der Waals surface area contributed by atoms with E-state index in [9.17, 15) is 4.79 Å². The monoisotopic (exact) mass is 433 g/mol. The summed E-state index contributed by atoms with van der Waals surface area (Å²) in [4.78, 5) is 15.7. The molecule has 0 aromatic heterocycles. The predicted octanol–water partition coefficient (Wildman–Crippen LogP) is 5.67. The van der Waals surface area contributed by atoms with E-state index in [4.69, 9.17) is 9.47 Å². The van der Waals surface area contributed by atoms with E-state index in [1.54, 1.807) is 7.11 Å². The van der Waals surface area contributed by atoms with E-state index < -0.39 is 0 Å². The van der Waals surface area contributed by atoms with Crippen molar-refractivity contribution in [1.82, 2.24) is 4.90 Å². The van der Waals surface area contributed by atoms with Gasteiger partial charge in [-0.05, 0) is 93.6 Å². The van der Waals surface area contributed by atoms with Crippen LogP contribution in [-0.2, 0) is 13.0 Å². The topological polar surface area (TPSA) is 38.8 Å². The Balaban J connectivity index is 1.18. The molecule has 2 fully saturated rings. The van der Waals surface area contributed by atoms with Crippen LogP contribution in [0.2, 0.25) is 0 Å². The molecule has 1 saturated carbocycles. The Bertz CT molecular complexity index is 927. The molecule has 3 aliphatic rings. The SMILES string of the molecule is COc1cc2c(cc1OC1CCCC1)CC(CC1CCN(Cc3ccccc3)CC1)C2=O. The fourth-order valence-corrected chi connectivity index (χ4v) is 5.83. The molecule has 0 N–H and O–H groups in total. The summed E-state index contributed by atoms with van der Waals surface area (Å²) in [5.74, 6) is 2.58. The molecule has 0 bridgehead atoms. The third-order valence-corrected chi connectivity index (χ3v) is 7.66. The second-order valence-electron chi connectivity index (χ2n) is 9.89. The minimum Gasteiger partial charge on any atom is -0.493 e. The molecule has 0 radical (unpaired) electrons. The first kappa shape index (κ1) is 21.5. The number of ketones is 1. The number of ether oxygens (including phenoxy) is 2. The second kappa shape index (κ2) is 9.66. The van der Waals surface area contributed by atoms with E-state index in [1.807, 2.05) is 6.07 Å². The smallest absolute Gasteiger partial charge is 0.166 e. The molecule has 170 valence electrons. The van der Waals surface area contributed by atoms with Gasteiger partial charge in [0.1, 0.15) is 0 Å². The number of Topliss-reactive ketones (excluding diaryl/α,β-unsaturated/α-hetero) is 1. The first-order valence-corrected chi connectivity index (χ1v) is 12.4. The largest absolute Gasteiger partial charge is 0.493 e. The number of likely N-dealkylation sites (tertiary alicyclic amines) is 1. The van der Waals surface area contributed by atoms with Crippen molar-refractivity contribution in [2.24, 2.45) is 11.8 Å². The number of hydrogen-bond acceptors (Lipinski definition) is 4. The standard InChI is InChI=1S/C28H35NO3/c1-31-26-18-25-22(17-27(26)32-24-9-5-6-10-24)16-23(28(25)30)15-20-11-13-29(14-12-20)19-21-7-3-2-4-8-21/h2-4,7-8,17-18,20,23-24H,5-6,9-16,19H2,1H3. The molecule has 0 spiro atoms. The molecule has 4 nitrogen and oxygen atoms in total. The highest BCUT2D eigenvalue weighted by Crippen LogP contribution is 2.41. The summed E-state index contributed by atoms with van der Waals surface area (Å²) < 4.78 is 11.9. The van der Waals surface area contributed by atoms with E-state index in [-0.39, 0.29) is 12.0 Å². The molecule has 2 aromatic carbocycles. The number of rotatable bonds is 7. The molecule has 32 heavy (non-hydrogen) atoms. The molecule has 2 aliphatic carbocycles. The van der Waals surface area contributed by atoms with Crippen molar-refractivity contribution in [3.8, 4) is 11.5 Å². The average Bonchev–Trinajstić information content (AvgIpc) is 3.43. The zero-order chi connectivity index (χ0) is 21.9. The highest BCUT2D eigenvalue weighted by Gasteiger charge is 2.35. The van der Waals surface area contributed by atoms with Crippen LogP contribution in [0.1, 0.15) is 66.4 Å². The summed E-state index contributed by atoms with van der Waals surface area (Å²) in [5.41, 5.74) is 3.39. The van der Waals surface area contributed by atoms with E-state index in [0.29, 0.717) is 17.5 Å². The lowest BCUT2D eigenvalue weighted by atomic mass is 9.85. The fraction of sp³-hybridized carbons (Fsp3) is 0.536. The van der Waals surface area contributed by atoms with Gasteiger partial charge in [0.15, 0.2) is 17.3 Å². The van der Waals surface area contributed by atoms with Crippen LogP contribution in [0, 0.1) is 11.8 Å². The van der Waals surface area contributed by atoms with Gasteiger partial charge in [-0.1, -0.05) is 30.3 Å². The summed E-state index contributed by atoms with van der Waals surface area (Å²) in [6.45, 7) is 3.28. The van der Waals surface area contributed by atoms with Crippen LogP contribution >= 0.6 is 0 Å². The van der Waals surface area contributed by atoms with Gasteiger partial charge in [0, 0.05) is 18.0 Å². The Kier molecular flexibility index (Phi) is 6.49. The van der Waals surface area contributed by atoms with Gasteiger partial charge >= 0.3 is 0 Å². The van der Waals surface area contributed by atoms with E-state index >= 15 is 0 Å². The first-order valence-electron chi connectivity index (χ1n) is 12.4. The Morgan fingerprint density at radius 1 is 0.969 bits per heavy atom. The Morgan fingerprint density at radius 2 is 1.72 bits per heavy atom. The predicted molar refractivity (Wildman–Crippen MR) is 126 cm³/mol. The van der Waals surface area contributed by atoms with Crippen molar-refractivity contribution in [3.63, 3.8) is 0 Å². The molecule has 4 heteroatoms. The summed E-state index contributed by atoms with van der Waals surface area (Å²) in [6, 6.07) is 14.7. The Hall–Kier alpha value is -2.33. The number of methoxy groups -OCH3 is 1. The summed E-state index contributed by atoms with van der Waals surface area (Å²) in [6.07, 6.45) is 9.23. The van der Waals surface area contributed by atoms with Gasteiger partial charge in [0.05, 0.1) is 13.2 Å². The maximum atomic E-state index is 13.2. The van der Waals surface area contributed by atoms with Crippen LogP contribution in [0.5, 0.6) is 11.5 Å². The number of piperidine rings is 1. The number of carbonyl (C=O) groups is 1. The molecule has 1 unspecified atom stereocenters. The summed E-state index contributed by atoms with van der Waals surface area (Å²) in [7, 11) is 1.67. The third kappa shape index (κ3) is 4.71.